The first-order valence-corrected chi connectivity index (χ1v) is 8.66. The molecule has 0 unspecified atom stereocenters. The highest BCUT2D eigenvalue weighted by molar-refractivity contribution is 7.80. The summed E-state index contributed by atoms with van der Waals surface area (Å²) in [5.74, 6) is -1.63. The molecule has 0 aliphatic rings. The van der Waals surface area contributed by atoms with Gasteiger partial charge in [-0.15, -0.1) is 0 Å². The Labute approximate surface area is 168 Å². The Morgan fingerprint density at radius 2 is 1.29 bits per heavy atom. The lowest BCUT2D eigenvalue weighted by Crippen LogP contribution is -2.34. The lowest BCUT2D eigenvalue weighted by atomic mass is 10.1. The van der Waals surface area contributed by atoms with Crippen LogP contribution in [-0.4, -0.2) is 37.2 Å². The van der Waals surface area contributed by atoms with Crippen molar-refractivity contribution in [3.05, 3.63) is 64.2 Å². The molecule has 146 valence electrons. The second kappa shape index (κ2) is 9.09. The van der Waals surface area contributed by atoms with E-state index in [0.29, 0.717) is 11.3 Å². The molecular formula is C20H20N2O5S. The van der Waals surface area contributed by atoms with Crippen molar-refractivity contribution in [3.8, 4) is 0 Å². The normalized spacial score (nSPS) is 10.0. The zero-order valence-electron chi connectivity index (χ0n) is 15.9. The molecule has 2 aromatic rings. The number of aryl methyl sites for hydroxylation is 2. The van der Waals surface area contributed by atoms with Crippen molar-refractivity contribution in [2.45, 2.75) is 13.8 Å². The third-order valence-corrected chi connectivity index (χ3v) is 3.95. The Kier molecular flexibility index (Phi) is 6.84. The van der Waals surface area contributed by atoms with Gasteiger partial charge in [0.25, 0.3) is 5.91 Å². The van der Waals surface area contributed by atoms with Gasteiger partial charge in [0, 0.05) is 11.3 Å². The van der Waals surface area contributed by atoms with Crippen LogP contribution >= 0.6 is 12.2 Å². The summed E-state index contributed by atoms with van der Waals surface area (Å²) in [4.78, 5) is 36.1. The van der Waals surface area contributed by atoms with E-state index in [1.165, 1.54) is 32.4 Å². The van der Waals surface area contributed by atoms with Crippen LogP contribution in [0.1, 0.15) is 42.2 Å². The van der Waals surface area contributed by atoms with Gasteiger partial charge in [0.1, 0.15) is 0 Å². The molecule has 2 rings (SSSR count). The summed E-state index contributed by atoms with van der Waals surface area (Å²) < 4.78 is 9.38. The number of anilines is 1. The van der Waals surface area contributed by atoms with Crippen molar-refractivity contribution in [1.82, 2.24) is 5.32 Å². The van der Waals surface area contributed by atoms with E-state index in [0.717, 1.165) is 11.1 Å². The number of carbonyl (C=O) groups is 3. The molecule has 28 heavy (non-hydrogen) atoms. The summed E-state index contributed by atoms with van der Waals surface area (Å²) in [6.45, 7) is 3.79. The molecule has 0 bridgehead atoms. The van der Waals surface area contributed by atoms with E-state index in [1.807, 2.05) is 19.9 Å². The van der Waals surface area contributed by atoms with Crippen LogP contribution in [0.5, 0.6) is 0 Å². The average molecular weight is 400 g/mol. The first-order valence-electron chi connectivity index (χ1n) is 8.26. The quantitative estimate of drug-likeness (QED) is 0.602. The number of amides is 1. The van der Waals surface area contributed by atoms with Gasteiger partial charge in [0.2, 0.25) is 0 Å². The number of thiocarbonyl (C=S) groups is 1. The largest absolute Gasteiger partial charge is 0.465 e. The molecule has 0 fully saturated rings. The molecule has 1 amide bonds. The van der Waals surface area contributed by atoms with E-state index in [9.17, 15) is 14.4 Å². The number of carbonyl (C=O) groups excluding carboxylic acids is 3. The molecule has 0 saturated carbocycles. The molecule has 0 heterocycles. The minimum Gasteiger partial charge on any atom is -0.465 e. The van der Waals surface area contributed by atoms with Crippen LogP contribution in [-0.2, 0) is 9.47 Å². The Morgan fingerprint density at radius 3 is 1.75 bits per heavy atom. The molecule has 2 aromatic carbocycles. The van der Waals surface area contributed by atoms with E-state index in [4.69, 9.17) is 12.2 Å². The lowest BCUT2D eigenvalue weighted by molar-refractivity contribution is 0.0599. The molecule has 0 radical (unpaired) electrons. The smallest absolute Gasteiger partial charge is 0.337 e. The zero-order chi connectivity index (χ0) is 20.8. The van der Waals surface area contributed by atoms with E-state index < -0.39 is 11.9 Å². The van der Waals surface area contributed by atoms with Gasteiger partial charge >= 0.3 is 11.9 Å². The van der Waals surface area contributed by atoms with Gasteiger partial charge in [-0.1, -0.05) is 17.2 Å². The number of nitrogens with one attached hydrogen (secondary N) is 2. The number of ether oxygens (including phenoxy) is 2. The van der Waals surface area contributed by atoms with Crippen LogP contribution in [0.4, 0.5) is 5.69 Å². The molecule has 2 N–H and O–H groups in total. The number of methoxy groups -OCH3 is 2. The van der Waals surface area contributed by atoms with Gasteiger partial charge < -0.3 is 14.8 Å². The number of esters is 2. The SMILES string of the molecule is COC(=O)c1cc(NC(=S)NC(=O)c2cc(C)cc(C)c2)cc(C(=O)OC)c1. The Bertz CT molecular complexity index is 901. The van der Waals surface area contributed by atoms with Crippen LogP contribution in [0.2, 0.25) is 0 Å². The molecule has 0 aromatic heterocycles. The summed E-state index contributed by atoms with van der Waals surface area (Å²) >= 11 is 5.18. The first-order chi connectivity index (χ1) is 13.2. The van der Waals surface area contributed by atoms with Crippen LogP contribution < -0.4 is 10.6 Å². The average Bonchev–Trinajstić information content (AvgIpc) is 2.65. The van der Waals surface area contributed by atoms with Gasteiger partial charge in [0.05, 0.1) is 25.3 Å². The lowest BCUT2D eigenvalue weighted by Gasteiger charge is -2.12. The third-order valence-electron chi connectivity index (χ3n) is 3.74. The monoisotopic (exact) mass is 400 g/mol. The molecular weight excluding hydrogens is 380 g/mol. The number of hydrogen-bond donors (Lipinski definition) is 2. The van der Waals surface area contributed by atoms with Gasteiger partial charge in [-0.25, -0.2) is 9.59 Å². The van der Waals surface area contributed by atoms with Gasteiger partial charge in [0.15, 0.2) is 5.11 Å². The summed E-state index contributed by atoms with van der Waals surface area (Å²) in [5.41, 5.74) is 2.98. The van der Waals surface area contributed by atoms with Crippen molar-refractivity contribution < 1.29 is 23.9 Å². The van der Waals surface area contributed by atoms with E-state index in [1.54, 1.807) is 12.1 Å². The molecule has 0 aliphatic carbocycles. The molecule has 0 aliphatic heterocycles. The zero-order valence-corrected chi connectivity index (χ0v) is 16.7. The summed E-state index contributed by atoms with van der Waals surface area (Å²) in [6.07, 6.45) is 0. The highest BCUT2D eigenvalue weighted by atomic mass is 32.1. The molecule has 7 nitrogen and oxygen atoms in total. The Balaban J connectivity index is 2.21. The Morgan fingerprint density at radius 1 is 0.786 bits per heavy atom. The summed E-state index contributed by atoms with van der Waals surface area (Å²) in [6, 6.07) is 9.71. The fourth-order valence-corrected chi connectivity index (χ4v) is 2.83. The second-order valence-corrected chi connectivity index (χ2v) is 6.48. The minimum absolute atomic E-state index is 0.0157. The fraction of sp³-hybridized carbons (Fsp3) is 0.200. The number of hydrogen-bond acceptors (Lipinski definition) is 6. The predicted molar refractivity (Wildman–Crippen MR) is 109 cm³/mol. The van der Waals surface area contributed by atoms with Gasteiger partial charge in [-0.2, -0.15) is 0 Å². The van der Waals surface area contributed by atoms with E-state index in [2.05, 4.69) is 20.1 Å². The molecule has 0 saturated heterocycles. The highest BCUT2D eigenvalue weighted by Gasteiger charge is 2.15. The van der Waals surface area contributed by atoms with Crippen molar-refractivity contribution in [1.29, 1.82) is 0 Å². The number of benzene rings is 2. The fourth-order valence-electron chi connectivity index (χ4n) is 2.61. The first kappa shape index (κ1) is 21.0. The van der Waals surface area contributed by atoms with Crippen molar-refractivity contribution in [2.24, 2.45) is 0 Å². The van der Waals surface area contributed by atoms with Crippen LogP contribution in [0.3, 0.4) is 0 Å². The molecule has 0 atom stereocenters. The maximum atomic E-state index is 12.4. The molecule has 8 heteroatoms. The van der Waals surface area contributed by atoms with Crippen LogP contribution in [0, 0.1) is 13.8 Å². The third kappa shape index (κ3) is 5.37. The molecule has 0 spiro atoms. The Hall–Kier alpha value is -3.26. The van der Waals surface area contributed by atoms with E-state index in [-0.39, 0.29) is 22.1 Å². The topological polar surface area (TPSA) is 93.7 Å². The minimum atomic E-state index is -0.626. The van der Waals surface area contributed by atoms with E-state index >= 15 is 0 Å². The summed E-state index contributed by atoms with van der Waals surface area (Å²) in [7, 11) is 2.46. The van der Waals surface area contributed by atoms with Crippen LogP contribution in [0.25, 0.3) is 0 Å². The van der Waals surface area contributed by atoms with Crippen molar-refractivity contribution in [2.75, 3.05) is 19.5 Å². The maximum Gasteiger partial charge on any atom is 0.337 e. The van der Waals surface area contributed by atoms with Crippen molar-refractivity contribution >= 4 is 40.9 Å². The number of rotatable bonds is 4. The predicted octanol–water partition coefficient (Wildman–Crippen LogP) is 3.00. The highest BCUT2D eigenvalue weighted by Crippen LogP contribution is 2.17. The second-order valence-electron chi connectivity index (χ2n) is 6.07. The van der Waals surface area contributed by atoms with Gasteiger partial charge in [-0.05, 0) is 56.4 Å². The van der Waals surface area contributed by atoms with Gasteiger partial charge in [-0.3, -0.25) is 10.1 Å². The van der Waals surface area contributed by atoms with Crippen LogP contribution in [0.15, 0.2) is 36.4 Å². The standard InChI is InChI=1S/C20H20N2O5S/c1-11-5-12(2)7-13(6-11)17(23)22-20(28)21-16-9-14(18(24)26-3)8-15(10-16)19(25)27-4/h5-10H,1-4H3,(H2,21,22,23,28). The van der Waals surface area contributed by atoms with Crippen molar-refractivity contribution in [3.63, 3.8) is 0 Å². The maximum absolute atomic E-state index is 12.4. The summed E-state index contributed by atoms with van der Waals surface area (Å²) in [5, 5.41) is 5.38.